The van der Waals surface area contributed by atoms with Gasteiger partial charge in [-0.3, -0.25) is 4.79 Å². The maximum absolute atomic E-state index is 10.3. The third-order valence-electron chi connectivity index (χ3n) is 2.78. The zero-order valence-electron chi connectivity index (χ0n) is 12.9. The summed E-state index contributed by atoms with van der Waals surface area (Å²) in [5, 5.41) is 18.2. The van der Waals surface area contributed by atoms with Gasteiger partial charge in [0.05, 0.1) is 6.10 Å². The monoisotopic (exact) mass is 292 g/mol. The van der Waals surface area contributed by atoms with E-state index in [1.807, 2.05) is 18.2 Å². The van der Waals surface area contributed by atoms with Gasteiger partial charge in [0.25, 0.3) is 0 Å². The number of carboxylic acids is 1. The molecule has 0 radical (unpaired) electrons. The van der Waals surface area contributed by atoms with E-state index < -0.39 is 12.1 Å². The molecule has 0 aromatic heterocycles. The van der Waals surface area contributed by atoms with Gasteiger partial charge in [-0.15, -0.1) is 0 Å². The fraction of sp³-hybridized carbons (Fsp3) is 0.500. The molecular formula is C18H28O3. The number of aliphatic carboxylic acids is 1. The van der Waals surface area contributed by atoms with E-state index in [4.69, 9.17) is 5.11 Å². The van der Waals surface area contributed by atoms with Gasteiger partial charge < -0.3 is 10.2 Å². The quantitative estimate of drug-likeness (QED) is 0.414. The minimum Gasteiger partial charge on any atom is -0.481 e. The van der Waals surface area contributed by atoms with E-state index in [-0.39, 0.29) is 6.42 Å². The maximum atomic E-state index is 10.3. The molecule has 0 bridgehead atoms. The van der Waals surface area contributed by atoms with Gasteiger partial charge in [-0.1, -0.05) is 55.5 Å². The number of aliphatic hydroxyl groups is 1. The fourth-order valence-electron chi connectivity index (χ4n) is 1.65. The Kier molecular flexibility index (Phi) is 13.7. The molecule has 0 heterocycles. The molecule has 0 aliphatic rings. The van der Waals surface area contributed by atoms with Gasteiger partial charge >= 0.3 is 5.97 Å². The molecule has 0 saturated heterocycles. The first-order valence-corrected chi connectivity index (χ1v) is 7.68. The molecule has 0 amide bonds. The van der Waals surface area contributed by atoms with Crippen molar-refractivity contribution in [1.82, 2.24) is 0 Å². The van der Waals surface area contributed by atoms with Crippen LogP contribution in [0.3, 0.4) is 0 Å². The summed E-state index contributed by atoms with van der Waals surface area (Å²) in [6.45, 7) is 2.12. The van der Waals surface area contributed by atoms with Crippen LogP contribution < -0.4 is 0 Å². The molecular weight excluding hydrogens is 264 g/mol. The highest BCUT2D eigenvalue weighted by atomic mass is 16.4. The van der Waals surface area contributed by atoms with Gasteiger partial charge in [-0.05, 0) is 38.5 Å². The molecule has 0 saturated carbocycles. The predicted molar refractivity (Wildman–Crippen MR) is 88.2 cm³/mol. The number of unbranched alkanes of at least 4 members (excludes halogenated alkanes) is 1. The van der Waals surface area contributed by atoms with Crippen molar-refractivity contribution < 1.29 is 15.0 Å². The summed E-state index contributed by atoms with van der Waals surface area (Å²) in [4.78, 5) is 10.3. The van der Waals surface area contributed by atoms with E-state index in [1.54, 1.807) is 6.08 Å². The lowest BCUT2D eigenvalue weighted by molar-refractivity contribution is -0.137. The van der Waals surface area contributed by atoms with Crippen LogP contribution in [0.25, 0.3) is 0 Å². The smallest absolute Gasteiger partial charge is 0.303 e. The van der Waals surface area contributed by atoms with E-state index in [0.717, 1.165) is 19.3 Å². The molecule has 0 aromatic rings. The SMILES string of the molecule is CC/C=C\C/C=C\C/C=C\CC(O)/C=C/CCCC(=O)O. The third-order valence-corrected chi connectivity index (χ3v) is 2.78. The van der Waals surface area contributed by atoms with Crippen molar-refractivity contribution in [2.75, 3.05) is 0 Å². The number of hydrogen-bond acceptors (Lipinski definition) is 2. The molecule has 0 aromatic carbocycles. The van der Waals surface area contributed by atoms with Crippen molar-refractivity contribution in [2.45, 2.75) is 58.0 Å². The number of allylic oxidation sites excluding steroid dienone is 6. The van der Waals surface area contributed by atoms with Gasteiger partial charge in [0.2, 0.25) is 0 Å². The van der Waals surface area contributed by atoms with E-state index in [9.17, 15) is 9.90 Å². The van der Waals surface area contributed by atoms with Gasteiger partial charge in [0.1, 0.15) is 0 Å². The second kappa shape index (κ2) is 14.8. The van der Waals surface area contributed by atoms with Crippen molar-refractivity contribution in [3.05, 3.63) is 48.6 Å². The Morgan fingerprint density at radius 1 is 1.00 bits per heavy atom. The minimum absolute atomic E-state index is 0.181. The molecule has 3 nitrogen and oxygen atoms in total. The maximum Gasteiger partial charge on any atom is 0.303 e. The Hall–Kier alpha value is -1.61. The highest BCUT2D eigenvalue weighted by Gasteiger charge is 1.96. The van der Waals surface area contributed by atoms with Crippen LogP contribution >= 0.6 is 0 Å². The molecule has 21 heavy (non-hydrogen) atoms. The molecule has 0 aliphatic heterocycles. The first-order chi connectivity index (χ1) is 10.2. The number of rotatable bonds is 12. The van der Waals surface area contributed by atoms with Crippen LogP contribution in [0.5, 0.6) is 0 Å². The van der Waals surface area contributed by atoms with Crippen molar-refractivity contribution >= 4 is 5.97 Å². The van der Waals surface area contributed by atoms with Crippen molar-refractivity contribution in [2.24, 2.45) is 0 Å². The Morgan fingerprint density at radius 2 is 1.62 bits per heavy atom. The lowest BCUT2D eigenvalue weighted by Gasteiger charge is -2.00. The first kappa shape index (κ1) is 19.4. The average Bonchev–Trinajstić information content (AvgIpc) is 2.45. The molecule has 1 atom stereocenters. The summed E-state index contributed by atoms with van der Waals surface area (Å²) in [6.07, 6.45) is 20.7. The van der Waals surface area contributed by atoms with Gasteiger partial charge in [0, 0.05) is 6.42 Å². The lowest BCUT2D eigenvalue weighted by Crippen LogP contribution is -1.99. The van der Waals surface area contributed by atoms with Crippen LogP contribution in [-0.4, -0.2) is 22.3 Å². The Balaban J connectivity index is 3.60. The largest absolute Gasteiger partial charge is 0.481 e. The second-order valence-electron chi connectivity index (χ2n) is 4.81. The summed E-state index contributed by atoms with van der Waals surface area (Å²) in [6, 6.07) is 0. The Bertz CT molecular complexity index is 365. The molecule has 0 fully saturated rings. The van der Waals surface area contributed by atoms with Crippen LogP contribution in [0.15, 0.2) is 48.6 Å². The molecule has 1 unspecified atom stereocenters. The molecule has 0 aliphatic carbocycles. The van der Waals surface area contributed by atoms with Crippen molar-refractivity contribution in [3.63, 3.8) is 0 Å². The number of carboxylic acid groups (broad SMARTS) is 1. The Labute approximate surface area is 128 Å². The highest BCUT2D eigenvalue weighted by Crippen LogP contribution is 2.01. The Morgan fingerprint density at radius 3 is 2.24 bits per heavy atom. The van der Waals surface area contributed by atoms with E-state index in [0.29, 0.717) is 19.3 Å². The minimum atomic E-state index is -0.773. The van der Waals surface area contributed by atoms with E-state index in [2.05, 4.69) is 31.2 Å². The zero-order chi connectivity index (χ0) is 15.8. The van der Waals surface area contributed by atoms with Crippen LogP contribution in [-0.2, 0) is 4.79 Å². The number of hydrogen-bond donors (Lipinski definition) is 2. The third kappa shape index (κ3) is 16.3. The van der Waals surface area contributed by atoms with Crippen LogP contribution in [0.1, 0.15) is 51.9 Å². The van der Waals surface area contributed by atoms with Crippen LogP contribution in [0.4, 0.5) is 0 Å². The zero-order valence-corrected chi connectivity index (χ0v) is 12.9. The van der Waals surface area contributed by atoms with E-state index >= 15 is 0 Å². The summed E-state index contributed by atoms with van der Waals surface area (Å²) in [5.74, 6) is -0.773. The van der Waals surface area contributed by atoms with Crippen molar-refractivity contribution in [1.29, 1.82) is 0 Å². The van der Waals surface area contributed by atoms with Gasteiger partial charge in [0.15, 0.2) is 0 Å². The molecule has 0 spiro atoms. The molecule has 0 rings (SSSR count). The standard InChI is InChI=1S/C18H28O3/c1-2-3-4-5-6-7-8-9-11-14-17(19)15-12-10-13-16-18(20)21/h3-4,6-7,9,11-12,15,17,19H,2,5,8,10,13-14,16H2,1H3,(H,20,21)/b4-3-,7-6-,11-9-,15-12+. The molecule has 3 heteroatoms. The van der Waals surface area contributed by atoms with Gasteiger partial charge in [-0.2, -0.15) is 0 Å². The first-order valence-electron chi connectivity index (χ1n) is 7.68. The highest BCUT2D eigenvalue weighted by molar-refractivity contribution is 5.66. The summed E-state index contributed by atoms with van der Waals surface area (Å²) < 4.78 is 0. The van der Waals surface area contributed by atoms with Crippen LogP contribution in [0, 0.1) is 0 Å². The normalized spacial score (nSPS) is 14.0. The van der Waals surface area contributed by atoms with Gasteiger partial charge in [-0.25, -0.2) is 0 Å². The summed E-state index contributed by atoms with van der Waals surface area (Å²) in [7, 11) is 0. The topological polar surface area (TPSA) is 57.5 Å². The van der Waals surface area contributed by atoms with Crippen molar-refractivity contribution in [3.8, 4) is 0 Å². The lowest BCUT2D eigenvalue weighted by atomic mass is 10.1. The second-order valence-corrected chi connectivity index (χ2v) is 4.81. The van der Waals surface area contributed by atoms with Crippen LogP contribution in [0.2, 0.25) is 0 Å². The fourth-order valence-corrected chi connectivity index (χ4v) is 1.65. The molecule has 118 valence electrons. The number of aliphatic hydroxyl groups excluding tert-OH is 1. The summed E-state index contributed by atoms with van der Waals surface area (Å²) in [5.41, 5.74) is 0. The number of carbonyl (C=O) groups is 1. The molecule has 2 N–H and O–H groups in total. The van der Waals surface area contributed by atoms with E-state index in [1.165, 1.54) is 0 Å². The predicted octanol–water partition coefficient (Wildman–Crippen LogP) is 4.41. The summed E-state index contributed by atoms with van der Waals surface area (Å²) >= 11 is 0. The average molecular weight is 292 g/mol.